The van der Waals surface area contributed by atoms with E-state index < -0.39 is 10.0 Å². The quantitative estimate of drug-likeness (QED) is 0.773. The van der Waals surface area contributed by atoms with Gasteiger partial charge in [0.05, 0.1) is 10.4 Å². The van der Waals surface area contributed by atoms with Crippen LogP contribution in [0.2, 0.25) is 0 Å². The number of aryl methyl sites for hydroxylation is 1. The second-order valence-corrected chi connectivity index (χ2v) is 8.21. The standard InChI is InChI=1S/C14H21NO2S/c1-11-6-8-12(9-7-11)18(16,17)15-10-14(15,5)13(2,3)4/h6-9H,10H2,1-5H3/t14-,15?/m0/s1. The summed E-state index contributed by atoms with van der Waals surface area (Å²) < 4.78 is 26.6. The van der Waals surface area contributed by atoms with Gasteiger partial charge in [0.2, 0.25) is 10.0 Å². The van der Waals surface area contributed by atoms with Crippen molar-refractivity contribution < 1.29 is 8.42 Å². The third kappa shape index (κ3) is 1.97. The second-order valence-electron chi connectivity index (χ2n) is 6.35. The monoisotopic (exact) mass is 267 g/mol. The maximum Gasteiger partial charge on any atom is 0.243 e. The SMILES string of the molecule is Cc1ccc(S(=O)(=O)N2C[C@@]2(C)C(C)(C)C)cc1. The molecule has 1 aliphatic rings. The molecule has 0 aliphatic carbocycles. The fourth-order valence-corrected chi connectivity index (χ4v) is 4.00. The number of rotatable bonds is 2. The molecule has 1 aliphatic heterocycles. The summed E-state index contributed by atoms with van der Waals surface area (Å²) >= 11 is 0. The Balaban J connectivity index is 2.33. The minimum Gasteiger partial charge on any atom is -0.207 e. The highest BCUT2D eigenvalue weighted by atomic mass is 32.2. The lowest BCUT2D eigenvalue weighted by atomic mass is 9.82. The van der Waals surface area contributed by atoms with Gasteiger partial charge >= 0.3 is 0 Å². The van der Waals surface area contributed by atoms with Crippen LogP contribution < -0.4 is 0 Å². The molecule has 0 amide bonds. The predicted molar refractivity (Wildman–Crippen MR) is 72.9 cm³/mol. The lowest BCUT2D eigenvalue weighted by molar-refractivity contribution is 0.275. The van der Waals surface area contributed by atoms with E-state index in [2.05, 4.69) is 20.8 Å². The average Bonchev–Trinajstić information content (AvgIpc) is 2.93. The summed E-state index contributed by atoms with van der Waals surface area (Å²) in [4.78, 5) is 0.390. The molecule has 1 saturated heterocycles. The van der Waals surface area contributed by atoms with Crippen LogP contribution in [0.4, 0.5) is 0 Å². The minimum absolute atomic E-state index is 0.0508. The number of nitrogens with zero attached hydrogens (tertiary/aromatic N) is 1. The summed E-state index contributed by atoms with van der Waals surface area (Å²) in [5.41, 5.74) is 0.750. The van der Waals surface area contributed by atoms with Crippen LogP contribution in [-0.2, 0) is 10.0 Å². The average molecular weight is 267 g/mol. The third-order valence-electron chi connectivity index (χ3n) is 4.12. The van der Waals surface area contributed by atoms with Crippen LogP contribution in [0.5, 0.6) is 0 Å². The maximum absolute atomic E-state index is 12.5. The van der Waals surface area contributed by atoms with Gasteiger partial charge in [0.15, 0.2) is 0 Å². The van der Waals surface area contributed by atoms with Gasteiger partial charge < -0.3 is 0 Å². The van der Waals surface area contributed by atoms with E-state index in [0.717, 1.165) is 5.56 Å². The summed E-state index contributed by atoms with van der Waals surface area (Å²) in [6.07, 6.45) is 0. The second kappa shape index (κ2) is 3.81. The first-order valence-corrected chi connectivity index (χ1v) is 7.62. The highest BCUT2D eigenvalue weighted by Crippen LogP contribution is 2.49. The molecule has 0 aromatic heterocycles. The van der Waals surface area contributed by atoms with Crippen molar-refractivity contribution in [2.24, 2.45) is 5.41 Å². The molecule has 0 spiro atoms. The largest absolute Gasteiger partial charge is 0.243 e. The molecule has 2 rings (SSSR count). The molecule has 1 heterocycles. The first kappa shape index (κ1) is 13.6. The Kier molecular flexibility index (Phi) is 2.87. The van der Waals surface area contributed by atoms with Gasteiger partial charge in [-0.05, 0) is 31.4 Å². The van der Waals surface area contributed by atoms with E-state index in [9.17, 15) is 8.42 Å². The third-order valence-corrected chi connectivity index (χ3v) is 6.10. The number of benzene rings is 1. The zero-order chi connectivity index (χ0) is 13.8. The van der Waals surface area contributed by atoms with Gasteiger partial charge in [0.1, 0.15) is 0 Å². The van der Waals surface area contributed by atoms with Crippen molar-refractivity contribution in [3.8, 4) is 0 Å². The van der Waals surface area contributed by atoms with E-state index in [-0.39, 0.29) is 11.0 Å². The van der Waals surface area contributed by atoms with Crippen molar-refractivity contribution in [3.05, 3.63) is 29.8 Å². The summed E-state index contributed by atoms with van der Waals surface area (Å²) in [6, 6.07) is 7.05. The highest BCUT2D eigenvalue weighted by molar-refractivity contribution is 7.89. The Morgan fingerprint density at radius 2 is 1.67 bits per heavy atom. The first-order valence-electron chi connectivity index (χ1n) is 6.18. The highest BCUT2D eigenvalue weighted by Gasteiger charge is 2.61. The Hall–Kier alpha value is -0.870. The van der Waals surface area contributed by atoms with Gasteiger partial charge in [0, 0.05) is 6.54 Å². The van der Waals surface area contributed by atoms with Crippen molar-refractivity contribution >= 4 is 10.0 Å². The molecule has 100 valence electrons. The molecule has 0 saturated carbocycles. The van der Waals surface area contributed by atoms with Gasteiger partial charge in [0.25, 0.3) is 0 Å². The van der Waals surface area contributed by atoms with E-state index in [1.165, 1.54) is 0 Å². The van der Waals surface area contributed by atoms with Gasteiger partial charge in [-0.15, -0.1) is 0 Å². The number of hydrogen-bond donors (Lipinski definition) is 0. The maximum atomic E-state index is 12.5. The van der Waals surface area contributed by atoms with Crippen molar-refractivity contribution in [2.45, 2.75) is 45.1 Å². The van der Waals surface area contributed by atoms with E-state index in [1.807, 2.05) is 26.0 Å². The summed E-state index contributed by atoms with van der Waals surface area (Å²) in [7, 11) is -3.34. The molecule has 0 N–H and O–H groups in total. The normalized spacial score (nSPS) is 28.2. The van der Waals surface area contributed by atoms with Crippen LogP contribution in [0, 0.1) is 12.3 Å². The fraction of sp³-hybridized carbons (Fsp3) is 0.571. The van der Waals surface area contributed by atoms with Gasteiger partial charge in [-0.25, -0.2) is 8.42 Å². The molecule has 0 bridgehead atoms. The Morgan fingerprint density at radius 3 is 2.06 bits per heavy atom. The molecule has 0 radical (unpaired) electrons. The first-order chi connectivity index (χ1) is 8.09. The molecule has 1 fully saturated rings. The zero-order valence-electron chi connectivity index (χ0n) is 11.7. The number of sulfonamides is 1. The smallest absolute Gasteiger partial charge is 0.207 e. The van der Waals surface area contributed by atoms with Gasteiger partial charge in [-0.3, -0.25) is 0 Å². The van der Waals surface area contributed by atoms with E-state index in [4.69, 9.17) is 0 Å². The Labute approximate surface area is 110 Å². The summed E-state index contributed by atoms with van der Waals surface area (Å²) in [5.74, 6) is 0. The van der Waals surface area contributed by atoms with E-state index >= 15 is 0 Å². The predicted octanol–water partition coefficient (Wildman–Crippen LogP) is 2.80. The molecule has 3 nitrogen and oxygen atoms in total. The van der Waals surface area contributed by atoms with Crippen LogP contribution in [-0.4, -0.2) is 24.8 Å². The van der Waals surface area contributed by atoms with Crippen LogP contribution >= 0.6 is 0 Å². The van der Waals surface area contributed by atoms with E-state index in [1.54, 1.807) is 16.4 Å². The van der Waals surface area contributed by atoms with Crippen LogP contribution in [0.1, 0.15) is 33.3 Å². The lowest BCUT2D eigenvalue weighted by Crippen LogP contribution is -2.33. The summed E-state index contributed by atoms with van der Waals surface area (Å²) in [6.45, 7) is 10.8. The van der Waals surface area contributed by atoms with Crippen molar-refractivity contribution in [1.82, 2.24) is 4.31 Å². The molecule has 2 atom stereocenters. The zero-order valence-corrected chi connectivity index (χ0v) is 12.5. The van der Waals surface area contributed by atoms with Crippen molar-refractivity contribution in [1.29, 1.82) is 0 Å². The fourth-order valence-electron chi connectivity index (χ4n) is 2.04. The summed E-state index contributed by atoms with van der Waals surface area (Å²) in [5, 5.41) is 0. The van der Waals surface area contributed by atoms with Crippen LogP contribution in [0.3, 0.4) is 0 Å². The lowest BCUT2D eigenvalue weighted by Gasteiger charge is -2.27. The topological polar surface area (TPSA) is 37.1 Å². The molecule has 18 heavy (non-hydrogen) atoms. The van der Waals surface area contributed by atoms with Crippen molar-refractivity contribution in [3.63, 3.8) is 0 Å². The van der Waals surface area contributed by atoms with Crippen molar-refractivity contribution in [2.75, 3.05) is 6.54 Å². The van der Waals surface area contributed by atoms with Gasteiger partial charge in [-0.1, -0.05) is 38.5 Å². The Bertz CT molecular complexity index is 554. The van der Waals surface area contributed by atoms with Gasteiger partial charge in [-0.2, -0.15) is 4.31 Å². The van der Waals surface area contributed by atoms with Crippen LogP contribution in [0.25, 0.3) is 0 Å². The number of hydrogen-bond acceptors (Lipinski definition) is 2. The molecule has 4 heteroatoms. The van der Waals surface area contributed by atoms with Crippen LogP contribution in [0.15, 0.2) is 29.2 Å². The molecular formula is C14H21NO2S. The minimum atomic E-state index is -3.34. The van der Waals surface area contributed by atoms with E-state index in [0.29, 0.717) is 11.4 Å². The molecule has 1 aromatic carbocycles. The molecule has 1 unspecified atom stereocenters. The molecule has 1 aromatic rings. The molecular weight excluding hydrogens is 246 g/mol. The Morgan fingerprint density at radius 1 is 1.17 bits per heavy atom.